The molecule has 24 heavy (non-hydrogen) atoms. The summed E-state index contributed by atoms with van der Waals surface area (Å²) in [6, 6.07) is 7.10. The van der Waals surface area contributed by atoms with E-state index in [1.165, 1.54) is 12.1 Å². The Balaban J connectivity index is 1.52. The molecule has 0 aliphatic carbocycles. The molecule has 0 unspecified atom stereocenters. The number of piperazine rings is 1. The highest BCUT2D eigenvalue weighted by Gasteiger charge is 2.29. The van der Waals surface area contributed by atoms with Gasteiger partial charge in [0.05, 0.1) is 6.61 Å². The summed E-state index contributed by atoms with van der Waals surface area (Å²) in [4.78, 5) is 18.7. The zero-order chi connectivity index (χ0) is 16.9. The van der Waals surface area contributed by atoms with E-state index in [2.05, 4.69) is 9.80 Å². The van der Waals surface area contributed by atoms with Crippen LogP contribution in [-0.4, -0.2) is 72.7 Å². The first-order valence-corrected chi connectivity index (χ1v) is 8.80. The Hall–Kier alpha value is -1.66. The molecule has 2 saturated heterocycles. The van der Waals surface area contributed by atoms with Gasteiger partial charge in [-0.1, -0.05) is 0 Å². The van der Waals surface area contributed by atoms with Crippen molar-refractivity contribution in [1.82, 2.24) is 9.80 Å². The van der Waals surface area contributed by atoms with Gasteiger partial charge in [-0.05, 0) is 37.1 Å². The molecule has 0 bridgehead atoms. The summed E-state index contributed by atoms with van der Waals surface area (Å²) in [5.41, 5.74) is 1.07. The van der Waals surface area contributed by atoms with Crippen LogP contribution in [0.25, 0.3) is 0 Å². The number of halogens is 1. The zero-order valence-electron chi connectivity index (χ0n) is 14.0. The van der Waals surface area contributed by atoms with Crippen LogP contribution in [0, 0.1) is 5.82 Å². The first kappa shape index (κ1) is 17.2. The molecular formula is C18H26FN3O2. The lowest BCUT2D eigenvalue weighted by atomic mass is 10.0. The molecule has 1 atom stereocenters. The minimum Gasteiger partial charge on any atom is -0.396 e. The van der Waals surface area contributed by atoms with E-state index in [-0.39, 0.29) is 24.8 Å². The molecule has 0 spiro atoms. The van der Waals surface area contributed by atoms with E-state index in [1.54, 1.807) is 0 Å². The second-order valence-electron chi connectivity index (χ2n) is 6.61. The van der Waals surface area contributed by atoms with Crippen molar-refractivity contribution in [3.8, 4) is 0 Å². The maximum absolute atomic E-state index is 13.0. The molecule has 3 rings (SSSR count). The predicted molar refractivity (Wildman–Crippen MR) is 91.5 cm³/mol. The fourth-order valence-electron chi connectivity index (χ4n) is 3.73. The molecule has 0 saturated carbocycles. The van der Waals surface area contributed by atoms with Crippen molar-refractivity contribution in [2.45, 2.75) is 25.3 Å². The topological polar surface area (TPSA) is 47.0 Å². The monoisotopic (exact) mass is 335 g/mol. The molecule has 2 fully saturated rings. The Morgan fingerprint density at radius 1 is 1.12 bits per heavy atom. The summed E-state index contributed by atoms with van der Waals surface area (Å²) in [7, 11) is 0. The van der Waals surface area contributed by atoms with Crippen molar-refractivity contribution in [2.75, 3.05) is 50.8 Å². The van der Waals surface area contributed by atoms with Crippen LogP contribution in [0.3, 0.4) is 0 Å². The van der Waals surface area contributed by atoms with E-state index in [1.807, 2.05) is 17.0 Å². The van der Waals surface area contributed by atoms with Crippen molar-refractivity contribution >= 4 is 11.6 Å². The van der Waals surface area contributed by atoms with Crippen LogP contribution in [0.1, 0.15) is 19.3 Å². The number of carbonyl (C=O) groups is 1. The largest absolute Gasteiger partial charge is 0.396 e. The highest BCUT2D eigenvalue weighted by molar-refractivity contribution is 5.76. The normalized spacial score (nSPS) is 22.7. The van der Waals surface area contributed by atoms with Crippen molar-refractivity contribution in [1.29, 1.82) is 0 Å². The highest BCUT2D eigenvalue weighted by atomic mass is 19.1. The van der Waals surface area contributed by atoms with E-state index in [4.69, 9.17) is 5.11 Å². The third kappa shape index (κ3) is 4.05. The van der Waals surface area contributed by atoms with Crippen molar-refractivity contribution in [3.63, 3.8) is 0 Å². The molecule has 6 heteroatoms. The number of aliphatic hydroxyl groups excluding tert-OH is 1. The fraction of sp³-hybridized carbons (Fsp3) is 0.611. The molecule has 132 valence electrons. The number of nitrogens with zero attached hydrogens (tertiary/aromatic N) is 3. The van der Waals surface area contributed by atoms with Gasteiger partial charge in [0.15, 0.2) is 0 Å². The standard InChI is InChI=1S/C18H26FN3O2/c19-15-3-5-16(6-4-15)20-9-11-21(12-10-20)17-2-1-8-22(14-17)18(24)7-13-23/h3-6,17,23H,1-2,7-14H2/t17-/m1/s1. The van der Waals surface area contributed by atoms with Crippen molar-refractivity contribution < 1.29 is 14.3 Å². The molecule has 1 aromatic rings. The van der Waals surface area contributed by atoms with Crippen LogP contribution in [0.5, 0.6) is 0 Å². The minimum absolute atomic E-state index is 0.0622. The van der Waals surface area contributed by atoms with Crippen molar-refractivity contribution in [3.05, 3.63) is 30.1 Å². The van der Waals surface area contributed by atoms with Crippen molar-refractivity contribution in [2.24, 2.45) is 0 Å². The smallest absolute Gasteiger partial charge is 0.224 e. The molecule has 1 amide bonds. The summed E-state index contributed by atoms with van der Waals surface area (Å²) in [6.45, 7) is 5.28. The number of amides is 1. The van der Waals surface area contributed by atoms with E-state index in [0.717, 1.165) is 57.8 Å². The highest BCUT2D eigenvalue weighted by Crippen LogP contribution is 2.21. The Bertz CT molecular complexity index is 544. The van der Waals surface area contributed by atoms with Crippen LogP contribution < -0.4 is 4.90 Å². The maximum atomic E-state index is 13.0. The Morgan fingerprint density at radius 2 is 1.83 bits per heavy atom. The van der Waals surface area contributed by atoms with Crippen LogP contribution >= 0.6 is 0 Å². The van der Waals surface area contributed by atoms with Gasteiger partial charge in [0.1, 0.15) is 5.82 Å². The van der Waals surface area contributed by atoms with Gasteiger partial charge in [-0.25, -0.2) is 4.39 Å². The van der Waals surface area contributed by atoms with Crippen LogP contribution in [-0.2, 0) is 4.79 Å². The van der Waals surface area contributed by atoms with Gasteiger partial charge < -0.3 is 14.9 Å². The van der Waals surface area contributed by atoms with E-state index < -0.39 is 0 Å². The molecule has 2 aliphatic rings. The Kier molecular flexibility index (Phi) is 5.68. The molecule has 2 aliphatic heterocycles. The number of piperidine rings is 1. The minimum atomic E-state index is -0.202. The van der Waals surface area contributed by atoms with Gasteiger partial charge >= 0.3 is 0 Å². The van der Waals surface area contributed by atoms with E-state index in [0.29, 0.717) is 6.04 Å². The average molecular weight is 335 g/mol. The molecular weight excluding hydrogens is 309 g/mol. The summed E-state index contributed by atoms with van der Waals surface area (Å²) >= 11 is 0. The van der Waals surface area contributed by atoms with E-state index in [9.17, 15) is 9.18 Å². The van der Waals surface area contributed by atoms with E-state index >= 15 is 0 Å². The molecule has 1 N–H and O–H groups in total. The quantitative estimate of drug-likeness (QED) is 0.902. The number of likely N-dealkylation sites (tertiary alicyclic amines) is 1. The van der Waals surface area contributed by atoms with Gasteiger partial charge in [0.25, 0.3) is 0 Å². The molecule has 0 radical (unpaired) electrons. The summed E-state index contributed by atoms with van der Waals surface area (Å²) in [5.74, 6) is -0.139. The number of carbonyl (C=O) groups excluding carboxylic acids is 1. The molecule has 2 heterocycles. The summed E-state index contributed by atoms with van der Waals surface area (Å²) in [5, 5.41) is 8.95. The lowest BCUT2D eigenvalue weighted by Gasteiger charge is -2.44. The van der Waals surface area contributed by atoms with Crippen LogP contribution in [0.15, 0.2) is 24.3 Å². The Morgan fingerprint density at radius 3 is 2.50 bits per heavy atom. The third-order valence-electron chi connectivity index (χ3n) is 5.10. The number of hydrogen-bond acceptors (Lipinski definition) is 4. The average Bonchev–Trinajstić information content (AvgIpc) is 2.63. The summed E-state index contributed by atoms with van der Waals surface area (Å²) < 4.78 is 13.0. The first-order chi connectivity index (χ1) is 11.7. The number of rotatable bonds is 4. The number of aliphatic hydroxyl groups is 1. The third-order valence-corrected chi connectivity index (χ3v) is 5.10. The van der Waals surface area contributed by atoms with Gasteiger partial charge in [0.2, 0.25) is 5.91 Å². The SMILES string of the molecule is O=C(CCO)N1CCC[C@@H](N2CCN(c3ccc(F)cc3)CC2)C1. The Labute approximate surface area is 142 Å². The van der Waals surface area contributed by atoms with Gasteiger partial charge in [0, 0.05) is 57.4 Å². The fourth-order valence-corrected chi connectivity index (χ4v) is 3.73. The lowest BCUT2D eigenvalue weighted by molar-refractivity contribution is -0.134. The number of hydrogen-bond donors (Lipinski definition) is 1. The first-order valence-electron chi connectivity index (χ1n) is 8.80. The number of anilines is 1. The van der Waals surface area contributed by atoms with Crippen LogP contribution in [0.2, 0.25) is 0 Å². The molecule has 1 aromatic carbocycles. The van der Waals surface area contributed by atoms with Gasteiger partial charge in [-0.15, -0.1) is 0 Å². The molecule has 5 nitrogen and oxygen atoms in total. The maximum Gasteiger partial charge on any atom is 0.224 e. The zero-order valence-corrected chi connectivity index (χ0v) is 14.0. The second kappa shape index (κ2) is 7.94. The van der Waals surface area contributed by atoms with Gasteiger partial charge in [-0.3, -0.25) is 9.69 Å². The number of benzene rings is 1. The van der Waals surface area contributed by atoms with Gasteiger partial charge in [-0.2, -0.15) is 0 Å². The second-order valence-corrected chi connectivity index (χ2v) is 6.61. The van der Waals surface area contributed by atoms with Crippen LogP contribution in [0.4, 0.5) is 10.1 Å². The molecule has 0 aromatic heterocycles. The lowest BCUT2D eigenvalue weighted by Crippen LogP contribution is -2.55. The summed E-state index contributed by atoms with van der Waals surface area (Å²) in [6.07, 6.45) is 2.38. The predicted octanol–water partition coefficient (Wildman–Crippen LogP) is 1.32.